The van der Waals surface area contributed by atoms with E-state index in [1.54, 1.807) is 13.2 Å². The summed E-state index contributed by atoms with van der Waals surface area (Å²) >= 11 is 0. The van der Waals surface area contributed by atoms with Gasteiger partial charge in [-0.15, -0.1) is 0 Å². The molecule has 134 valence electrons. The van der Waals surface area contributed by atoms with E-state index in [9.17, 15) is 5.11 Å². The van der Waals surface area contributed by atoms with Crippen molar-refractivity contribution in [2.45, 2.75) is 6.04 Å². The molecule has 0 amide bonds. The molecule has 2 fully saturated rings. The number of ether oxygens (including phenoxy) is 1. The molecular formula is C18H30N4O2. The number of rotatable bonds is 5. The average molecular weight is 334 g/mol. The van der Waals surface area contributed by atoms with Crippen LogP contribution in [0.5, 0.6) is 11.5 Å². The van der Waals surface area contributed by atoms with Crippen molar-refractivity contribution in [3.8, 4) is 11.5 Å². The molecule has 24 heavy (non-hydrogen) atoms. The Hall–Kier alpha value is -1.34. The second-order valence-electron chi connectivity index (χ2n) is 6.84. The number of piperazine rings is 2. The Balaban J connectivity index is 1.78. The molecule has 2 N–H and O–H groups in total. The van der Waals surface area contributed by atoms with Crippen molar-refractivity contribution in [1.29, 1.82) is 0 Å². The first-order valence-corrected chi connectivity index (χ1v) is 8.90. The SMILES string of the molecule is COc1cc(C(CN2CCN(C)CC2)N2CCNCC2)ccc1O. The van der Waals surface area contributed by atoms with Gasteiger partial charge in [0.2, 0.25) is 0 Å². The van der Waals surface area contributed by atoms with Gasteiger partial charge in [-0.2, -0.15) is 0 Å². The molecule has 0 aromatic heterocycles. The van der Waals surface area contributed by atoms with Crippen LogP contribution in [-0.4, -0.2) is 92.9 Å². The van der Waals surface area contributed by atoms with Crippen LogP contribution in [0.15, 0.2) is 18.2 Å². The summed E-state index contributed by atoms with van der Waals surface area (Å²) in [5.41, 5.74) is 1.23. The Kier molecular flexibility index (Phi) is 5.94. The first-order valence-electron chi connectivity index (χ1n) is 8.90. The van der Waals surface area contributed by atoms with Gasteiger partial charge >= 0.3 is 0 Å². The van der Waals surface area contributed by atoms with Crippen LogP contribution in [0.1, 0.15) is 11.6 Å². The first kappa shape index (κ1) is 17.5. The van der Waals surface area contributed by atoms with Crippen LogP contribution >= 0.6 is 0 Å². The minimum absolute atomic E-state index is 0.208. The summed E-state index contributed by atoms with van der Waals surface area (Å²) in [6.45, 7) is 9.72. The van der Waals surface area contributed by atoms with Crippen molar-refractivity contribution in [3.63, 3.8) is 0 Å². The third-order valence-electron chi connectivity index (χ3n) is 5.21. The number of phenolic OH excluding ortho intramolecular Hbond substituents is 1. The maximum atomic E-state index is 9.91. The Morgan fingerprint density at radius 3 is 2.50 bits per heavy atom. The summed E-state index contributed by atoms with van der Waals surface area (Å²) in [6.07, 6.45) is 0. The summed E-state index contributed by atoms with van der Waals surface area (Å²) in [5.74, 6) is 0.769. The Bertz CT molecular complexity index is 526. The zero-order chi connectivity index (χ0) is 16.9. The molecule has 2 aliphatic heterocycles. The minimum Gasteiger partial charge on any atom is -0.504 e. The van der Waals surface area contributed by atoms with E-state index in [1.165, 1.54) is 5.56 Å². The number of phenols is 1. The van der Waals surface area contributed by atoms with Crippen LogP contribution in [0.3, 0.4) is 0 Å². The number of aromatic hydroxyl groups is 1. The van der Waals surface area contributed by atoms with Crippen molar-refractivity contribution >= 4 is 0 Å². The van der Waals surface area contributed by atoms with Gasteiger partial charge in [0.25, 0.3) is 0 Å². The molecular weight excluding hydrogens is 304 g/mol. The van der Waals surface area contributed by atoms with E-state index in [0.29, 0.717) is 11.8 Å². The predicted molar refractivity (Wildman–Crippen MR) is 95.8 cm³/mol. The molecule has 1 aromatic carbocycles. The highest BCUT2D eigenvalue weighted by atomic mass is 16.5. The summed E-state index contributed by atoms with van der Waals surface area (Å²) in [7, 11) is 3.80. The molecule has 2 aliphatic rings. The number of hydrogen-bond acceptors (Lipinski definition) is 6. The molecule has 1 unspecified atom stereocenters. The predicted octanol–water partition coefficient (Wildman–Crippen LogP) is 0.595. The second kappa shape index (κ2) is 8.16. The van der Waals surface area contributed by atoms with Crippen molar-refractivity contribution in [1.82, 2.24) is 20.0 Å². The summed E-state index contributed by atoms with van der Waals surface area (Å²) < 4.78 is 5.33. The monoisotopic (exact) mass is 334 g/mol. The number of methoxy groups -OCH3 is 1. The lowest BCUT2D eigenvalue weighted by Gasteiger charge is -2.40. The quantitative estimate of drug-likeness (QED) is 0.822. The third kappa shape index (κ3) is 4.19. The normalized spacial score (nSPS) is 22.4. The largest absolute Gasteiger partial charge is 0.504 e. The Labute approximate surface area is 145 Å². The van der Waals surface area contributed by atoms with Gasteiger partial charge in [0.15, 0.2) is 11.5 Å². The molecule has 6 heteroatoms. The number of nitrogens with zero attached hydrogens (tertiary/aromatic N) is 3. The van der Waals surface area contributed by atoms with Crippen molar-refractivity contribution < 1.29 is 9.84 Å². The molecule has 0 bridgehead atoms. The van der Waals surface area contributed by atoms with E-state index in [0.717, 1.165) is 58.9 Å². The minimum atomic E-state index is 0.208. The molecule has 0 radical (unpaired) electrons. The molecule has 2 heterocycles. The zero-order valence-electron chi connectivity index (χ0n) is 14.9. The second-order valence-corrected chi connectivity index (χ2v) is 6.84. The van der Waals surface area contributed by atoms with Crippen LogP contribution in [0, 0.1) is 0 Å². The maximum absolute atomic E-state index is 9.91. The fourth-order valence-electron chi connectivity index (χ4n) is 3.60. The van der Waals surface area contributed by atoms with Crippen LogP contribution in [-0.2, 0) is 0 Å². The third-order valence-corrected chi connectivity index (χ3v) is 5.21. The molecule has 0 aliphatic carbocycles. The summed E-state index contributed by atoms with van der Waals surface area (Å²) in [5, 5.41) is 13.3. The van der Waals surface area contributed by atoms with Crippen LogP contribution in [0.2, 0.25) is 0 Å². The molecule has 0 saturated carbocycles. The topological polar surface area (TPSA) is 51.2 Å². The van der Waals surface area contributed by atoms with Gasteiger partial charge in [0.1, 0.15) is 0 Å². The fourth-order valence-corrected chi connectivity index (χ4v) is 3.60. The van der Waals surface area contributed by atoms with Gasteiger partial charge in [-0.25, -0.2) is 0 Å². The molecule has 3 rings (SSSR count). The van der Waals surface area contributed by atoms with Gasteiger partial charge in [-0.05, 0) is 24.7 Å². The van der Waals surface area contributed by atoms with E-state index in [1.807, 2.05) is 12.1 Å². The van der Waals surface area contributed by atoms with Gasteiger partial charge in [0.05, 0.1) is 7.11 Å². The molecule has 2 saturated heterocycles. The summed E-state index contributed by atoms with van der Waals surface area (Å²) in [6, 6.07) is 6.14. The number of hydrogen-bond donors (Lipinski definition) is 2. The lowest BCUT2D eigenvalue weighted by Crippen LogP contribution is -2.51. The van der Waals surface area contributed by atoms with Crippen molar-refractivity contribution in [2.75, 3.05) is 73.1 Å². The highest BCUT2D eigenvalue weighted by Crippen LogP contribution is 2.32. The average Bonchev–Trinajstić information content (AvgIpc) is 2.62. The highest BCUT2D eigenvalue weighted by molar-refractivity contribution is 5.42. The van der Waals surface area contributed by atoms with Crippen LogP contribution < -0.4 is 10.1 Å². The van der Waals surface area contributed by atoms with Gasteiger partial charge in [-0.1, -0.05) is 6.07 Å². The van der Waals surface area contributed by atoms with Crippen molar-refractivity contribution in [2.24, 2.45) is 0 Å². The number of nitrogens with one attached hydrogen (secondary N) is 1. The van der Waals surface area contributed by atoms with Gasteiger partial charge in [-0.3, -0.25) is 9.80 Å². The number of likely N-dealkylation sites (N-methyl/N-ethyl adjacent to an activating group) is 1. The molecule has 1 aromatic rings. The zero-order valence-corrected chi connectivity index (χ0v) is 14.9. The number of benzene rings is 1. The fraction of sp³-hybridized carbons (Fsp3) is 0.667. The smallest absolute Gasteiger partial charge is 0.160 e. The van der Waals surface area contributed by atoms with E-state index < -0.39 is 0 Å². The van der Waals surface area contributed by atoms with Gasteiger partial charge in [0, 0.05) is 64.9 Å². The van der Waals surface area contributed by atoms with E-state index in [-0.39, 0.29) is 5.75 Å². The Morgan fingerprint density at radius 2 is 1.83 bits per heavy atom. The first-order chi connectivity index (χ1) is 11.7. The van der Waals surface area contributed by atoms with Crippen molar-refractivity contribution in [3.05, 3.63) is 23.8 Å². The molecule has 0 spiro atoms. The lowest BCUT2D eigenvalue weighted by molar-refractivity contribution is 0.0922. The van der Waals surface area contributed by atoms with E-state index >= 15 is 0 Å². The van der Waals surface area contributed by atoms with E-state index in [2.05, 4.69) is 27.1 Å². The van der Waals surface area contributed by atoms with Gasteiger partial charge < -0.3 is 20.1 Å². The highest BCUT2D eigenvalue weighted by Gasteiger charge is 2.26. The molecule has 6 nitrogen and oxygen atoms in total. The van der Waals surface area contributed by atoms with Crippen LogP contribution in [0.4, 0.5) is 0 Å². The lowest BCUT2D eigenvalue weighted by atomic mass is 10.0. The Morgan fingerprint density at radius 1 is 1.12 bits per heavy atom. The maximum Gasteiger partial charge on any atom is 0.160 e. The standard InChI is InChI=1S/C18H30N4O2/c1-20-9-11-21(12-10-20)14-16(22-7-5-19-6-8-22)15-3-4-17(23)18(13-15)24-2/h3-4,13,16,19,23H,5-12,14H2,1-2H3. The summed E-state index contributed by atoms with van der Waals surface area (Å²) in [4.78, 5) is 7.51. The van der Waals surface area contributed by atoms with E-state index in [4.69, 9.17) is 4.74 Å². The molecule has 1 atom stereocenters. The van der Waals surface area contributed by atoms with Crippen LogP contribution in [0.25, 0.3) is 0 Å².